The van der Waals surface area contributed by atoms with Gasteiger partial charge in [0.05, 0.1) is 0 Å². The average molecular weight is 206 g/mol. The van der Waals surface area contributed by atoms with Gasteiger partial charge in [-0.3, -0.25) is 4.79 Å². The molecule has 15 heavy (non-hydrogen) atoms. The van der Waals surface area contributed by atoms with Crippen LogP contribution in [0.3, 0.4) is 0 Å². The molecule has 1 unspecified atom stereocenters. The van der Waals surface area contributed by atoms with Gasteiger partial charge in [-0.2, -0.15) is 0 Å². The number of benzene rings is 1. The van der Waals surface area contributed by atoms with Gasteiger partial charge in [0.25, 0.3) is 0 Å². The molecule has 0 aliphatic rings. The second kappa shape index (κ2) is 5.54. The predicted molar refractivity (Wildman–Crippen MR) is 60.6 cm³/mol. The molecule has 0 bridgehead atoms. The first-order valence-electron chi connectivity index (χ1n) is 5.43. The van der Waals surface area contributed by atoms with Crippen LogP contribution in [0.5, 0.6) is 0 Å². The van der Waals surface area contributed by atoms with Gasteiger partial charge in [0.15, 0.2) is 0 Å². The lowest BCUT2D eigenvalue weighted by atomic mass is 10.0. The highest BCUT2D eigenvalue weighted by Gasteiger charge is 2.13. The van der Waals surface area contributed by atoms with Crippen molar-refractivity contribution in [3.8, 4) is 0 Å². The van der Waals surface area contributed by atoms with Crippen molar-refractivity contribution >= 4 is 5.97 Å². The molecule has 0 saturated heterocycles. The van der Waals surface area contributed by atoms with Crippen LogP contribution in [0.15, 0.2) is 24.3 Å². The molecule has 0 amide bonds. The Balaban J connectivity index is 2.78. The predicted octanol–water partition coefficient (Wildman–Crippen LogP) is 3.40. The fourth-order valence-electron chi connectivity index (χ4n) is 1.50. The summed E-state index contributed by atoms with van der Waals surface area (Å²) in [5.74, 6) is -0.136. The molecule has 2 heteroatoms. The van der Waals surface area contributed by atoms with E-state index in [4.69, 9.17) is 4.74 Å². The molecule has 1 aromatic carbocycles. The summed E-state index contributed by atoms with van der Waals surface area (Å²) < 4.78 is 5.35. The van der Waals surface area contributed by atoms with E-state index in [1.165, 1.54) is 5.56 Å². The summed E-state index contributed by atoms with van der Waals surface area (Å²) in [5, 5.41) is 0. The van der Waals surface area contributed by atoms with E-state index < -0.39 is 0 Å². The van der Waals surface area contributed by atoms with Gasteiger partial charge < -0.3 is 4.74 Å². The van der Waals surface area contributed by atoms with Gasteiger partial charge in [0, 0.05) is 6.42 Å². The number of carbonyl (C=O) groups is 1. The van der Waals surface area contributed by atoms with Crippen LogP contribution in [0.4, 0.5) is 0 Å². The van der Waals surface area contributed by atoms with Crippen LogP contribution in [0, 0.1) is 6.92 Å². The van der Waals surface area contributed by atoms with Crippen LogP contribution in [0.25, 0.3) is 0 Å². The van der Waals surface area contributed by atoms with Crippen molar-refractivity contribution < 1.29 is 9.53 Å². The molecule has 2 nitrogen and oxygen atoms in total. The van der Waals surface area contributed by atoms with E-state index in [-0.39, 0.29) is 12.1 Å². The molecule has 1 atom stereocenters. The molecule has 0 aliphatic heterocycles. The Kier molecular flexibility index (Phi) is 4.35. The van der Waals surface area contributed by atoms with Gasteiger partial charge >= 0.3 is 5.97 Å². The highest BCUT2D eigenvalue weighted by molar-refractivity contribution is 5.69. The molecule has 0 aromatic heterocycles. The third-order valence-corrected chi connectivity index (χ3v) is 2.35. The van der Waals surface area contributed by atoms with Crippen molar-refractivity contribution in [2.75, 3.05) is 0 Å². The molecule has 1 rings (SSSR count). The van der Waals surface area contributed by atoms with E-state index in [9.17, 15) is 4.79 Å². The van der Waals surface area contributed by atoms with Gasteiger partial charge in [-0.15, -0.1) is 0 Å². The van der Waals surface area contributed by atoms with Crippen LogP contribution in [-0.2, 0) is 9.53 Å². The zero-order valence-corrected chi connectivity index (χ0v) is 9.62. The minimum Gasteiger partial charge on any atom is -0.457 e. The Morgan fingerprint density at radius 2 is 2.13 bits per heavy atom. The number of rotatable bonds is 4. The summed E-state index contributed by atoms with van der Waals surface area (Å²) >= 11 is 0. The zero-order chi connectivity index (χ0) is 11.3. The van der Waals surface area contributed by atoms with Crippen molar-refractivity contribution in [2.24, 2.45) is 0 Å². The van der Waals surface area contributed by atoms with Crippen LogP contribution in [0.1, 0.15) is 43.9 Å². The van der Waals surface area contributed by atoms with E-state index >= 15 is 0 Å². The quantitative estimate of drug-likeness (QED) is 0.706. The molecule has 0 heterocycles. The van der Waals surface area contributed by atoms with Crippen LogP contribution >= 0.6 is 0 Å². The Labute approximate surface area is 91.3 Å². The lowest BCUT2D eigenvalue weighted by molar-refractivity contribution is -0.149. The third-order valence-electron chi connectivity index (χ3n) is 2.35. The van der Waals surface area contributed by atoms with E-state index in [0.29, 0.717) is 6.42 Å². The second-order valence-corrected chi connectivity index (χ2v) is 3.65. The number of esters is 1. The summed E-state index contributed by atoms with van der Waals surface area (Å²) in [5.41, 5.74) is 2.28. The smallest absolute Gasteiger partial charge is 0.306 e. The third kappa shape index (κ3) is 3.39. The summed E-state index contributed by atoms with van der Waals surface area (Å²) in [4.78, 5) is 11.2. The maximum absolute atomic E-state index is 11.2. The van der Waals surface area contributed by atoms with Gasteiger partial charge in [-0.05, 0) is 18.9 Å². The molecule has 0 spiro atoms. The Bertz CT molecular complexity index is 331. The molecule has 0 fully saturated rings. The molecular weight excluding hydrogens is 188 g/mol. The van der Waals surface area contributed by atoms with Crippen molar-refractivity contribution in [3.05, 3.63) is 35.4 Å². The first-order chi connectivity index (χ1) is 7.17. The summed E-state index contributed by atoms with van der Waals surface area (Å²) in [6, 6.07) is 8.10. The number of ether oxygens (including phenoxy) is 1. The highest BCUT2D eigenvalue weighted by atomic mass is 16.5. The minimum atomic E-state index is -0.136. The largest absolute Gasteiger partial charge is 0.457 e. The van der Waals surface area contributed by atoms with Crippen LogP contribution in [-0.4, -0.2) is 5.97 Å². The average Bonchev–Trinajstić information content (AvgIpc) is 2.25. The van der Waals surface area contributed by atoms with Gasteiger partial charge in [0.2, 0.25) is 0 Å². The van der Waals surface area contributed by atoms with Gasteiger partial charge in [-0.25, -0.2) is 0 Å². The van der Waals surface area contributed by atoms with E-state index in [2.05, 4.69) is 6.07 Å². The first kappa shape index (κ1) is 11.8. The molecule has 82 valence electrons. The maximum atomic E-state index is 11.2. The lowest BCUT2D eigenvalue weighted by Crippen LogP contribution is -2.09. The molecular formula is C13H18O2. The normalized spacial score (nSPS) is 12.2. The Morgan fingerprint density at radius 3 is 2.67 bits per heavy atom. The zero-order valence-electron chi connectivity index (χ0n) is 9.62. The van der Waals surface area contributed by atoms with Crippen molar-refractivity contribution in [1.82, 2.24) is 0 Å². The number of hydrogen-bond donors (Lipinski definition) is 0. The monoisotopic (exact) mass is 206 g/mol. The van der Waals surface area contributed by atoms with Gasteiger partial charge in [0.1, 0.15) is 6.10 Å². The highest BCUT2D eigenvalue weighted by Crippen LogP contribution is 2.22. The summed E-state index contributed by atoms with van der Waals surface area (Å²) in [6.45, 7) is 5.87. The molecule has 1 aromatic rings. The van der Waals surface area contributed by atoms with Crippen molar-refractivity contribution in [3.63, 3.8) is 0 Å². The van der Waals surface area contributed by atoms with Crippen molar-refractivity contribution in [1.29, 1.82) is 0 Å². The Hall–Kier alpha value is -1.31. The minimum absolute atomic E-state index is 0.0997. The van der Waals surface area contributed by atoms with Crippen LogP contribution in [0.2, 0.25) is 0 Å². The van der Waals surface area contributed by atoms with E-state index in [1.54, 1.807) is 0 Å². The van der Waals surface area contributed by atoms with E-state index in [0.717, 1.165) is 12.0 Å². The van der Waals surface area contributed by atoms with E-state index in [1.807, 2.05) is 39.0 Å². The maximum Gasteiger partial charge on any atom is 0.306 e. The Morgan fingerprint density at radius 1 is 1.40 bits per heavy atom. The number of carbonyl (C=O) groups excluding carboxylic acids is 1. The standard InChI is InChI=1S/C13H18O2/c1-4-12(15-13(14)5-2)11-8-6-7-10(3)9-11/h6-9,12H,4-5H2,1-3H3. The SMILES string of the molecule is CCC(=O)OC(CC)c1cccc(C)c1. The van der Waals surface area contributed by atoms with Crippen molar-refractivity contribution in [2.45, 2.75) is 39.7 Å². The second-order valence-electron chi connectivity index (χ2n) is 3.65. The molecule has 0 aliphatic carbocycles. The molecule has 0 saturated carbocycles. The number of aryl methyl sites for hydroxylation is 1. The fraction of sp³-hybridized carbons (Fsp3) is 0.462. The lowest BCUT2D eigenvalue weighted by Gasteiger charge is -2.16. The van der Waals surface area contributed by atoms with Crippen LogP contribution < -0.4 is 0 Å². The molecule has 0 radical (unpaired) electrons. The van der Waals surface area contributed by atoms with Gasteiger partial charge in [-0.1, -0.05) is 43.7 Å². The first-order valence-corrected chi connectivity index (χ1v) is 5.43. The fourth-order valence-corrected chi connectivity index (χ4v) is 1.50. The number of hydrogen-bond acceptors (Lipinski definition) is 2. The topological polar surface area (TPSA) is 26.3 Å². The summed E-state index contributed by atoms with van der Waals surface area (Å²) in [6.07, 6.45) is 1.15. The molecule has 0 N–H and O–H groups in total. The summed E-state index contributed by atoms with van der Waals surface area (Å²) in [7, 11) is 0.